The van der Waals surface area contributed by atoms with Gasteiger partial charge in [-0.1, -0.05) is 48.5 Å². The average Bonchev–Trinajstić information content (AvgIpc) is 3.10. The van der Waals surface area contributed by atoms with Crippen LogP contribution in [0.2, 0.25) is 0 Å². The standard InChI is InChI=1S/C28H23NO4/c1-3-33-18-14-12-17(13-15-18)29-26(31)24-23-19-8-4-6-10-21(19)28(16(2)30,25(24)27(29)32)22-11-7-5-9-20(22)23/h4-15,23-25H,3H2,1-2H3/t23?,24-,25-,28?/m1/s1. The fraction of sp³-hybridized carbons (Fsp3) is 0.250. The van der Waals surface area contributed by atoms with Gasteiger partial charge in [-0.2, -0.15) is 0 Å². The number of carbonyl (C=O) groups is 3. The Morgan fingerprint density at radius 2 is 1.45 bits per heavy atom. The summed E-state index contributed by atoms with van der Waals surface area (Å²) in [5.74, 6) is -1.61. The fourth-order valence-electron chi connectivity index (χ4n) is 6.48. The third kappa shape index (κ3) is 2.34. The van der Waals surface area contributed by atoms with Crippen molar-refractivity contribution >= 4 is 23.3 Å². The summed E-state index contributed by atoms with van der Waals surface area (Å²) in [6, 6.07) is 22.6. The third-order valence-electron chi connectivity index (χ3n) is 7.58. The van der Waals surface area contributed by atoms with Gasteiger partial charge >= 0.3 is 0 Å². The van der Waals surface area contributed by atoms with Crippen LogP contribution in [0.15, 0.2) is 72.8 Å². The lowest BCUT2D eigenvalue weighted by atomic mass is 9.46. The summed E-state index contributed by atoms with van der Waals surface area (Å²) >= 11 is 0. The van der Waals surface area contributed by atoms with Gasteiger partial charge < -0.3 is 4.74 Å². The lowest BCUT2D eigenvalue weighted by molar-refractivity contribution is -0.132. The van der Waals surface area contributed by atoms with E-state index < -0.39 is 17.3 Å². The molecule has 3 aliphatic carbocycles. The summed E-state index contributed by atoms with van der Waals surface area (Å²) in [7, 11) is 0. The summed E-state index contributed by atoms with van der Waals surface area (Å²) < 4.78 is 5.51. The lowest BCUT2D eigenvalue weighted by Crippen LogP contribution is -2.57. The van der Waals surface area contributed by atoms with Gasteiger partial charge in [0, 0.05) is 5.92 Å². The molecule has 3 aromatic rings. The molecule has 1 fully saturated rings. The van der Waals surface area contributed by atoms with Gasteiger partial charge in [-0.25, -0.2) is 4.90 Å². The molecule has 0 unspecified atom stereocenters. The van der Waals surface area contributed by atoms with E-state index in [0.29, 0.717) is 18.0 Å². The van der Waals surface area contributed by atoms with Crippen molar-refractivity contribution in [3.8, 4) is 5.75 Å². The van der Waals surface area contributed by atoms with E-state index in [1.54, 1.807) is 31.2 Å². The zero-order valence-corrected chi connectivity index (χ0v) is 18.4. The minimum absolute atomic E-state index is 0.106. The second-order valence-corrected chi connectivity index (χ2v) is 8.96. The maximum Gasteiger partial charge on any atom is 0.239 e. The summed E-state index contributed by atoms with van der Waals surface area (Å²) in [6.07, 6.45) is 0. The van der Waals surface area contributed by atoms with Crippen molar-refractivity contribution in [1.82, 2.24) is 0 Å². The molecule has 1 saturated heterocycles. The molecule has 4 aliphatic rings. The Balaban J connectivity index is 1.58. The van der Waals surface area contributed by atoms with Gasteiger partial charge in [0.2, 0.25) is 11.8 Å². The minimum atomic E-state index is -1.17. The number of hydrogen-bond acceptors (Lipinski definition) is 4. The summed E-state index contributed by atoms with van der Waals surface area (Å²) in [6.45, 7) is 3.98. The highest BCUT2D eigenvalue weighted by atomic mass is 16.5. The number of ether oxygens (including phenoxy) is 1. The number of rotatable bonds is 4. The van der Waals surface area contributed by atoms with Crippen molar-refractivity contribution in [2.75, 3.05) is 11.5 Å². The highest BCUT2D eigenvalue weighted by Gasteiger charge is 2.69. The summed E-state index contributed by atoms with van der Waals surface area (Å²) in [5.41, 5.74) is 3.01. The molecule has 0 N–H and O–H groups in total. The van der Waals surface area contributed by atoms with Crippen molar-refractivity contribution < 1.29 is 19.1 Å². The van der Waals surface area contributed by atoms with Crippen LogP contribution in [0.4, 0.5) is 5.69 Å². The highest BCUT2D eigenvalue weighted by Crippen LogP contribution is 2.64. The molecule has 0 aromatic heterocycles. The van der Waals surface area contributed by atoms with Gasteiger partial charge in [0.15, 0.2) is 0 Å². The van der Waals surface area contributed by atoms with Gasteiger partial charge in [0.25, 0.3) is 0 Å². The molecule has 0 radical (unpaired) electrons. The number of carbonyl (C=O) groups excluding carboxylic acids is 3. The number of ketones is 1. The predicted octanol–water partition coefficient (Wildman–Crippen LogP) is 4.23. The maximum atomic E-state index is 14.0. The summed E-state index contributed by atoms with van der Waals surface area (Å²) in [4.78, 5) is 42.7. The van der Waals surface area contributed by atoms with Gasteiger partial charge in [-0.3, -0.25) is 14.4 Å². The van der Waals surface area contributed by atoms with Crippen molar-refractivity contribution in [2.24, 2.45) is 11.8 Å². The third-order valence-corrected chi connectivity index (χ3v) is 7.58. The SMILES string of the molecule is CCOc1ccc(N2C(=O)[C@@H]3C4c5ccccc5C(C(C)=O)(c5ccccc54)[C@H]3C2=O)cc1. The molecule has 2 atom stereocenters. The Hall–Kier alpha value is -3.73. The van der Waals surface area contributed by atoms with Crippen LogP contribution >= 0.6 is 0 Å². The molecule has 164 valence electrons. The van der Waals surface area contributed by atoms with E-state index in [1.165, 1.54) is 4.90 Å². The highest BCUT2D eigenvalue weighted by molar-refractivity contribution is 6.25. The second-order valence-electron chi connectivity index (χ2n) is 8.96. The van der Waals surface area contributed by atoms with E-state index in [4.69, 9.17) is 4.74 Å². The van der Waals surface area contributed by atoms with Crippen LogP contribution in [0.5, 0.6) is 5.75 Å². The second kappa shape index (κ2) is 6.88. The predicted molar refractivity (Wildman–Crippen MR) is 123 cm³/mol. The number of benzene rings is 3. The number of amides is 2. The molecule has 5 heteroatoms. The van der Waals surface area contributed by atoms with Gasteiger partial charge in [0.05, 0.1) is 29.5 Å². The van der Waals surface area contributed by atoms with E-state index in [2.05, 4.69) is 0 Å². The molecule has 0 saturated carbocycles. The van der Waals surface area contributed by atoms with Gasteiger partial charge in [0.1, 0.15) is 11.5 Å². The van der Waals surface area contributed by atoms with Crippen LogP contribution in [0.3, 0.4) is 0 Å². The topological polar surface area (TPSA) is 63.7 Å². The zero-order valence-electron chi connectivity index (χ0n) is 18.4. The smallest absolute Gasteiger partial charge is 0.239 e. The first-order chi connectivity index (χ1) is 16.0. The Kier molecular flexibility index (Phi) is 4.15. The number of hydrogen-bond donors (Lipinski definition) is 0. The zero-order chi connectivity index (χ0) is 22.9. The average molecular weight is 437 g/mol. The van der Waals surface area contributed by atoms with E-state index >= 15 is 0 Å². The van der Waals surface area contributed by atoms with Crippen molar-refractivity contribution in [2.45, 2.75) is 25.2 Å². The quantitative estimate of drug-likeness (QED) is 0.573. The molecule has 3 aromatic carbocycles. The van der Waals surface area contributed by atoms with Crippen molar-refractivity contribution in [3.63, 3.8) is 0 Å². The Morgan fingerprint density at radius 1 is 0.879 bits per heavy atom. The van der Waals surface area contributed by atoms with Crippen LogP contribution < -0.4 is 9.64 Å². The first-order valence-corrected chi connectivity index (χ1v) is 11.3. The Bertz CT molecular complexity index is 1280. The molecule has 1 aliphatic heterocycles. The largest absolute Gasteiger partial charge is 0.494 e. The molecular formula is C28H23NO4. The molecule has 33 heavy (non-hydrogen) atoms. The molecule has 7 rings (SSSR count). The minimum Gasteiger partial charge on any atom is -0.494 e. The molecule has 5 nitrogen and oxygen atoms in total. The molecular weight excluding hydrogens is 414 g/mol. The van der Waals surface area contributed by atoms with Crippen LogP contribution in [0.25, 0.3) is 0 Å². The first-order valence-electron chi connectivity index (χ1n) is 11.3. The number of anilines is 1. The molecule has 2 amide bonds. The first kappa shape index (κ1) is 19.9. The number of imide groups is 1. The Morgan fingerprint density at radius 3 is 2.00 bits per heavy atom. The van der Waals surface area contributed by atoms with Crippen LogP contribution in [0, 0.1) is 11.8 Å². The van der Waals surface area contributed by atoms with E-state index in [0.717, 1.165) is 22.3 Å². The molecule has 2 bridgehead atoms. The Labute approximate surface area is 192 Å². The van der Waals surface area contributed by atoms with Crippen LogP contribution in [-0.4, -0.2) is 24.2 Å². The molecule has 1 heterocycles. The van der Waals surface area contributed by atoms with Crippen molar-refractivity contribution in [3.05, 3.63) is 95.1 Å². The maximum absolute atomic E-state index is 14.0. The van der Waals surface area contributed by atoms with Gasteiger partial charge in [-0.05, 0) is 60.4 Å². The number of Topliss-reactive ketones (excluding diaryl/α,β-unsaturated/α-hetero) is 1. The number of nitrogens with zero attached hydrogens (tertiary/aromatic N) is 1. The van der Waals surface area contributed by atoms with Crippen LogP contribution in [-0.2, 0) is 19.8 Å². The summed E-state index contributed by atoms with van der Waals surface area (Å²) in [5, 5.41) is 0. The van der Waals surface area contributed by atoms with E-state index in [-0.39, 0.29) is 23.5 Å². The van der Waals surface area contributed by atoms with Crippen molar-refractivity contribution in [1.29, 1.82) is 0 Å². The van der Waals surface area contributed by atoms with Crippen LogP contribution in [0.1, 0.15) is 42.0 Å². The van der Waals surface area contributed by atoms with Gasteiger partial charge in [-0.15, -0.1) is 0 Å². The monoisotopic (exact) mass is 437 g/mol. The fourth-order valence-corrected chi connectivity index (χ4v) is 6.48. The lowest BCUT2D eigenvalue weighted by Gasteiger charge is -2.52. The van der Waals surface area contributed by atoms with E-state index in [9.17, 15) is 14.4 Å². The molecule has 0 spiro atoms. The van der Waals surface area contributed by atoms with E-state index in [1.807, 2.05) is 55.5 Å². The normalized spacial score (nSPS) is 26.6.